The van der Waals surface area contributed by atoms with Crippen LogP contribution in [0.4, 0.5) is 4.79 Å². The van der Waals surface area contributed by atoms with E-state index < -0.39 is 0 Å². The van der Waals surface area contributed by atoms with E-state index in [0.29, 0.717) is 18.7 Å². The van der Waals surface area contributed by atoms with Crippen molar-refractivity contribution in [2.24, 2.45) is 0 Å². The summed E-state index contributed by atoms with van der Waals surface area (Å²) in [5.41, 5.74) is 0.993. The van der Waals surface area contributed by atoms with Crippen LogP contribution >= 0.6 is 0 Å². The third-order valence-corrected chi connectivity index (χ3v) is 4.72. The second-order valence-corrected chi connectivity index (χ2v) is 6.77. The molecule has 1 aliphatic carbocycles. The molecule has 1 saturated carbocycles. The number of aliphatic hydroxyl groups is 1. The Labute approximate surface area is 145 Å². The van der Waals surface area contributed by atoms with Crippen LogP contribution in [0.1, 0.15) is 45.1 Å². The normalized spacial score (nSPS) is 21.0. The second-order valence-electron chi connectivity index (χ2n) is 6.77. The molecule has 1 aromatic rings. The molecule has 24 heavy (non-hydrogen) atoms. The first-order valence-corrected chi connectivity index (χ1v) is 8.94. The molecule has 2 N–H and O–H groups in total. The number of carbonyl (C=O) groups excluding carboxylic acids is 1. The largest absolute Gasteiger partial charge is 0.445 e. The number of carbonyl (C=O) groups is 1. The molecule has 2 rings (SSSR count). The van der Waals surface area contributed by atoms with Gasteiger partial charge < -0.3 is 15.2 Å². The summed E-state index contributed by atoms with van der Waals surface area (Å²) in [6, 6.07) is 10.8. The second kappa shape index (κ2) is 9.64. The molecule has 0 heterocycles. The molecule has 0 aromatic heterocycles. The molecule has 1 aliphatic rings. The Morgan fingerprint density at radius 3 is 2.50 bits per heavy atom. The highest BCUT2D eigenvalue weighted by atomic mass is 16.5. The summed E-state index contributed by atoms with van der Waals surface area (Å²) in [4.78, 5) is 14.3. The van der Waals surface area contributed by atoms with Gasteiger partial charge in [-0.15, -0.1) is 0 Å². The summed E-state index contributed by atoms with van der Waals surface area (Å²) in [6.07, 6.45) is 3.67. The van der Waals surface area contributed by atoms with Crippen LogP contribution in [0.15, 0.2) is 30.3 Å². The summed E-state index contributed by atoms with van der Waals surface area (Å²) in [7, 11) is 0. The summed E-state index contributed by atoms with van der Waals surface area (Å²) in [5, 5.41) is 12.2. The first kappa shape index (κ1) is 18.7. The van der Waals surface area contributed by atoms with Gasteiger partial charge in [-0.25, -0.2) is 4.79 Å². The minimum atomic E-state index is -0.335. The molecule has 1 amide bonds. The Kier molecular flexibility index (Phi) is 7.53. The predicted molar refractivity (Wildman–Crippen MR) is 94.7 cm³/mol. The van der Waals surface area contributed by atoms with Gasteiger partial charge in [0.15, 0.2) is 0 Å². The number of hydrogen-bond donors (Lipinski definition) is 2. The van der Waals surface area contributed by atoms with Gasteiger partial charge in [0.25, 0.3) is 0 Å². The van der Waals surface area contributed by atoms with E-state index in [1.165, 1.54) is 0 Å². The highest BCUT2D eigenvalue weighted by Crippen LogP contribution is 2.24. The minimum Gasteiger partial charge on any atom is -0.445 e. The van der Waals surface area contributed by atoms with E-state index in [2.05, 4.69) is 24.1 Å². The Balaban J connectivity index is 1.71. The van der Waals surface area contributed by atoms with Crippen molar-refractivity contribution in [3.63, 3.8) is 0 Å². The van der Waals surface area contributed by atoms with Crippen molar-refractivity contribution >= 4 is 6.09 Å². The number of benzene rings is 1. The number of nitrogens with zero attached hydrogens (tertiary/aromatic N) is 1. The Morgan fingerprint density at radius 2 is 1.92 bits per heavy atom. The van der Waals surface area contributed by atoms with E-state index >= 15 is 0 Å². The van der Waals surface area contributed by atoms with Crippen LogP contribution in [0, 0.1) is 0 Å². The summed E-state index contributed by atoms with van der Waals surface area (Å²) in [6.45, 7) is 5.56. The first-order chi connectivity index (χ1) is 11.6. The zero-order valence-electron chi connectivity index (χ0n) is 14.8. The van der Waals surface area contributed by atoms with Crippen molar-refractivity contribution in [2.75, 3.05) is 13.2 Å². The topological polar surface area (TPSA) is 61.8 Å². The fraction of sp³-hybridized carbons (Fsp3) is 0.632. The van der Waals surface area contributed by atoms with E-state index in [1.54, 1.807) is 0 Å². The Hall–Kier alpha value is -1.59. The highest BCUT2D eigenvalue weighted by molar-refractivity contribution is 5.67. The molecular formula is C19H30N2O3. The number of aliphatic hydroxyl groups excluding tert-OH is 1. The summed E-state index contributed by atoms with van der Waals surface area (Å²) in [5.74, 6) is 0. The molecule has 5 nitrogen and oxygen atoms in total. The van der Waals surface area contributed by atoms with Gasteiger partial charge in [-0.3, -0.25) is 4.90 Å². The predicted octanol–water partition coefficient (Wildman–Crippen LogP) is 2.93. The molecule has 0 spiro atoms. The third-order valence-electron chi connectivity index (χ3n) is 4.72. The summed E-state index contributed by atoms with van der Waals surface area (Å²) >= 11 is 0. The van der Waals surface area contributed by atoms with E-state index in [9.17, 15) is 9.90 Å². The smallest absolute Gasteiger partial charge is 0.407 e. The molecule has 5 heteroatoms. The van der Waals surface area contributed by atoms with Gasteiger partial charge in [0.05, 0.1) is 6.61 Å². The third kappa shape index (κ3) is 5.80. The number of ether oxygens (including phenoxy) is 1. The van der Waals surface area contributed by atoms with Crippen LogP contribution in [0.2, 0.25) is 0 Å². The van der Waals surface area contributed by atoms with Crippen LogP contribution in [-0.2, 0) is 11.3 Å². The Morgan fingerprint density at radius 1 is 1.25 bits per heavy atom. The van der Waals surface area contributed by atoms with Crippen LogP contribution in [0.3, 0.4) is 0 Å². The standard InChI is InChI=1S/C19H30N2O3/c1-15(2)21(12-13-22)18-10-8-17(9-11-18)20-19(23)24-14-16-6-4-3-5-7-16/h3-7,15,17-18,22H,8-14H2,1-2H3,(H,20,23). The zero-order chi connectivity index (χ0) is 17.4. The lowest BCUT2D eigenvalue weighted by Crippen LogP contribution is -2.47. The summed E-state index contributed by atoms with van der Waals surface area (Å²) < 4.78 is 5.29. The van der Waals surface area contributed by atoms with E-state index in [1.807, 2.05) is 30.3 Å². The molecule has 0 radical (unpaired) electrons. The van der Waals surface area contributed by atoms with Gasteiger partial charge in [-0.2, -0.15) is 0 Å². The maximum absolute atomic E-state index is 11.9. The van der Waals surface area contributed by atoms with Gasteiger partial charge in [-0.1, -0.05) is 30.3 Å². The van der Waals surface area contributed by atoms with E-state index in [4.69, 9.17) is 4.74 Å². The average molecular weight is 334 g/mol. The maximum Gasteiger partial charge on any atom is 0.407 e. The van der Waals surface area contributed by atoms with E-state index in [0.717, 1.165) is 37.8 Å². The minimum absolute atomic E-state index is 0.188. The Bertz CT molecular complexity index is 485. The lowest BCUT2D eigenvalue weighted by atomic mass is 9.89. The number of hydrogen-bond acceptors (Lipinski definition) is 4. The molecule has 1 fully saturated rings. The van der Waals surface area contributed by atoms with Crippen molar-refractivity contribution in [2.45, 2.75) is 64.3 Å². The molecule has 1 aromatic carbocycles. The average Bonchev–Trinajstić information content (AvgIpc) is 2.59. The van der Waals surface area contributed by atoms with Gasteiger partial charge in [-0.05, 0) is 45.1 Å². The van der Waals surface area contributed by atoms with Crippen molar-refractivity contribution in [3.05, 3.63) is 35.9 Å². The van der Waals surface area contributed by atoms with Crippen LogP contribution in [0.5, 0.6) is 0 Å². The molecule has 0 unspecified atom stereocenters. The zero-order valence-corrected chi connectivity index (χ0v) is 14.8. The lowest BCUT2D eigenvalue weighted by molar-refractivity contribution is 0.0847. The fourth-order valence-electron chi connectivity index (χ4n) is 3.46. The molecule has 0 bridgehead atoms. The molecule has 134 valence electrons. The van der Waals surface area contributed by atoms with E-state index in [-0.39, 0.29) is 18.7 Å². The fourth-order valence-corrected chi connectivity index (χ4v) is 3.46. The molecule has 0 atom stereocenters. The quantitative estimate of drug-likeness (QED) is 0.805. The number of alkyl carbamates (subject to hydrolysis) is 1. The molecule has 0 aliphatic heterocycles. The van der Waals surface area contributed by atoms with Crippen LogP contribution < -0.4 is 5.32 Å². The molecule has 0 saturated heterocycles. The lowest BCUT2D eigenvalue weighted by Gasteiger charge is -2.39. The molecular weight excluding hydrogens is 304 g/mol. The van der Waals surface area contributed by atoms with Gasteiger partial charge >= 0.3 is 6.09 Å². The first-order valence-electron chi connectivity index (χ1n) is 8.94. The van der Waals surface area contributed by atoms with Crippen LogP contribution in [-0.4, -0.2) is 47.4 Å². The van der Waals surface area contributed by atoms with Gasteiger partial charge in [0, 0.05) is 24.7 Å². The maximum atomic E-state index is 11.9. The van der Waals surface area contributed by atoms with Crippen molar-refractivity contribution in [3.8, 4) is 0 Å². The monoisotopic (exact) mass is 334 g/mol. The van der Waals surface area contributed by atoms with Gasteiger partial charge in [0.1, 0.15) is 6.61 Å². The number of rotatable bonds is 7. The van der Waals surface area contributed by atoms with Crippen molar-refractivity contribution in [1.82, 2.24) is 10.2 Å². The van der Waals surface area contributed by atoms with Crippen molar-refractivity contribution < 1.29 is 14.6 Å². The SMILES string of the molecule is CC(C)N(CCO)C1CCC(NC(=O)OCc2ccccc2)CC1. The highest BCUT2D eigenvalue weighted by Gasteiger charge is 2.27. The number of nitrogens with one attached hydrogen (secondary N) is 1. The van der Waals surface area contributed by atoms with Crippen LogP contribution in [0.25, 0.3) is 0 Å². The number of amides is 1. The van der Waals surface area contributed by atoms with Gasteiger partial charge in [0.2, 0.25) is 0 Å². The van der Waals surface area contributed by atoms with Crippen molar-refractivity contribution in [1.29, 1.82) is 0 Å².